The van der Waals surface area contributed by atoms with E-state index in [0.717, 1.165) is 39.0 Å². The van der Waals surface area contributed by atoms with E-state index in [2.05, 4.69) is 4.90 Å². The number of aldehydes is 1. The monoisotopic (exact) mass is 157 g/mol. The summed E-state index contributed by atoms with van der Waals surface area (Å²) < 4.78 is 5.18. The summed E-state index contributed by atoms with van der Waals surface area (Å²) in [4.78, 5) is 12.7. The molecule has 0 amide bonds. The van der Waals surface area contributed by atoms with Crippen LogP contribution in [-0.4, -0.2) is 43.5 Å². The molecule has 1 aliphatic rings. The SMILES string of the molecule is CCC(C=O)N1CCOCC1. The van der Waals surface area contributed by atoms with Gasteiger partial charge in [0.05, 0.1) is 19.3 Å². The van der Waals surface area contributed by atoms with Gasteiger partial charge in [-0.25, -0.2) is 0 Å². The van der Waals surface area contributed by atoms with Crippen molar-refractivity contribution in [2.45, 2.75) is 19.4 Å². The van der Waals surface area contributed by atoms with Crippen molar-refractivity contribution in [1.82, 2.24) is 4.90 Å². The Morgan fingerprint density at radius 1 is 1.55 bits per heavy atom. The van der Waals surface area contributed by atoms with Crippen LogP contribution in [0.2, 0.25) is 0 Å². The van der Waals surface area contributed by atoms with E-state index < -0.39 is 0 Å². The fourth-order valence-electron chi connectivity index (χ4n) is 1.35. The van der Waals surface area contributed by atoms with Gasteiger partial charge in [-0.15, -0.1) is 0 Å². The van der Waals surface area contributed by atoms with Crippen LogP contribution in [0.5, 0.6) is 0 Å². The summed E-state index contributed by atoms with van der Waals surface area (Å²) in [6.45, 7) is 5.37. The van der Waals surface area contributed by atoms with Gasteiger partial charge >= 0.3 is 0 Å². The lowest BCUT2D eigenvalue weighted by Gasteiger charge is -2.30. The molecule has 0 saturated carbocycles. The highest BCUT2D eigenvalue weighted by atomic mass is 16.5. The maximum atomic E-state index is 10.6. The van der Waals surface area contributed by atoms with Crippen LogP contribution in [0.4, 0.5) is 0 Å². The Balaban J connectivity index is 2.35. The fraction of sp³-hybridized carbons (Fsp3) is 0.875. The second-order valence-electron chi connectivity index (χ2n) is 2.76. The minimum atomic E-state index is 0.110. The summed E-state index contributed by atoms with van der Waals surface area (Å²) in [6.07, 6.45) is 1.94. The molecule has 1 rings (SSSR count). The van der Waals surface area contributed by atoms with Crippen molar-refractivity contribution in [2.75, 3.05) is 26.3 Å². The number of carbonyl (C=O) groups is 1. The van der Waals surface area contributed by atoms with Crippen molar-refractivity contribution in [3.63, 3.8) is 0 Å². The van der Waals surface area contributed by atoms with E-state index in [0.29, 0.717) is 0 Å². The third-order valence-corrected chi connectivity index (χ3v) is 2.09. The molecule has 1 atom stereocenters. The quantitative estimate of drug-likeness (QED) is 0.552. The number of rotatable bonds is 3. The van der Waals surface area contributed by atoms with E-state index in [1.165, 1.54) is 0 Å². The highest BCUT2D eigenvalue weighted by molar-refractivity contribution is 5.57. The Kier molecular flexibility index (Phi) is 3.52. The minimum absolute atomic E-state index is 0.110. The normalized spacial score (nSPS) is 23.0. The average molecular weight is 157 g/mol. The first-order chi connectivity index (χ1) is 5.38. The second kappa shape index (κ2) is 4.46. The van der Waals surface area contributed by atoms with E-state index in [-0.39, 0.29) is 6.04 Å². The predicted molar refractivity (Wildman–Crippen MR) is 42.5 cm³/mol. The van der Waals surface area contributed by atoms with Gasteiger partial charge in [0.2, 0.25) is 0 Å². The number of hydrogen-bond donors (Lipinski definition) is 0. The van der Waals surface area contributed by atoms with Crippen molar-refractivity contribution < 1.29 is 9.53 Å². The lowest BCUT2D eigenvalue weighted by Crippen LogP contribution is -2.43. The molecule has 0 aromatic rings. The third-order valence-electron chi connectivity index (χ3n) is 2.09. The Labute approximate surface area is 67.3 Å². The van der Waals surface area contributed by atoms with Crippen LogP contribution in [0.15, 0.2) is 0 Å². The van der Waals surface area contributed by atoms with Crippen LogP contribution in [0.3, 0.4) is 0 Å². The molecular formula is C8H15NO2. The van der Waals surface area contributed by atoms with Crippen molar-refractivity contribution in [1.29, 1.82) is 0 Å². The number of hydrogen-bond acceptors (Lipinski definition) is 3. The first-order valence-electron chi connectivity index (χ1n) is 4.15. The summed E-state index contributed by atoms with van der Waals surface area (Å²) >= 11 is 0. The van der Waals surface area contributed by atoms with Gasteiger partial charge in [-0.1, -0.05) is 6.92 Å². The Hall–Kier alpha value is -0.410. The molecule has 0 radical (unpaired) electrons. The van der Waals surface area contributed by atoms with Gasteiger partial charge in [-0.3, -0.25) is 4.90 Å². The lowest BCUT2D eigenvalue weighted by atomic mass is 10.2. The number of ether oxygens (including phenoxy) is 1. The van der Waals surface area contributed by atoms with Crippen LogP contribution >= 0.6 is 0 Å². The molecule has 1 saturated heterocycles. The topological polar surface area (TPSA) is 29.5 Å². The number of morpholine rings is 1. The predicted octanol–water partition coefficient (Wildman–Crippen LogP) is 0.296. The van der Waals surface area contributed by atoms with E-state index in [1.807, 2.05) is 6.92 Å². The van der Waals surface area contributed by atoms with Crippen LogP contribution in [0.1, 0.15) is 13.3 Å². The minimum Gasteiger partial charge on any atom is -0.379 e. The largest absolute Gasteiger partial charge is 0.379 e. The van der Waals surface area contributed by atoms with Crippen molar-refractivity contribution in [3.8, 4) is 0 Å². The summed E-state index contributed by atoms with van der Waals surface area (Å²) in [7, 11) is 0. The summed E-state index contributed by atoms with van der Waals surface area (Å²) in [6, 6.07) is 0.110. The number of carbonyl (C=O) groups excluding carboxylic acids is 1. The van der Waals surface area contributed by atoms with Crippen molar-refractivity contribution in [3.05, 3.63) is 0 Å². The zero-order valence-corrected chi connectivity index (χ0v) is 6.95. The molecule has 1 aliphatic heterocycles. The van der Waals surface area contributed by atoms with E-state index in [1.54, 1.807) is 0 Å². The molecule has 0 bridgehead atoms. The lowest BCUT2D eigenvalue weighted by molar-refractivity contribution is -0.114. The molecule has 3 nitrogen and oxygen atoms in total. The van der Waals surface area contributed by atoms with Crippen molar-refractivity contribution in [2.24, 2.45) is 0 Å². The van der Waals surface area contributed by atoms with Gasteiger partial charge in [-0.2, -0.15) is 0 Å². The first-order valence-corrected chi connectivity index (χ1v) is 4.15. The van der Waals surface area contributed by atoms with Crippen LogP contribution in [0.25, 0.3) is 0 Å². The zero-order chi connectivity index (χ0) is 8.10. The Bertz CT molecular complexity index is 121. The molecule has 0 aliphatic carbocycles. The van der Waals surface area contributed by atoms with E-state index in [4.69, 9.17) is 4.74 Å². The molecule has 0 aromatic carbocycles. The number of nitrogens with zero attached hydrogens (tertiary/aromatic N) is 1. The smallest absolute Gasteiger partial charge is 0.137 e. The van der Waals surface area contributed by atoms with Crippen molar-refractivity contribution >= 4 is 6.29 Å². The van der Waals surface area contributed by atoms with E-state index in [9.17, 15) is 4.79 Å². The molecule has 11 heavy (non-hydrogen) atoms. The van der Waals surface area contributed by atoms with Gasteiger partial charge in [0.15, 0.2) is 0 Å². The zero-order valence-electron chi connectivity index (χ0n) is 6.95. The molecule has 0 spiro atoms. The van der Waals surface area contributed by atoms with Gasteiger partial charge in [0, 0.05) is 13.1 Å². The molecule has 0 aromatic heterocycles. The van der Waals surface area contributed by atoms with Gasteiger partial charge < -0.3 is 9.53 Å². The van der Waals surface area contributed by atoms with Crippen LogP contribution in [0, 0.1) is 0 Å². The van der Waals surface area contributed by atoms with Gasteiger partial charge in [0.25, 0.3) is 0 Å². The second-order valence-corrected chi connectivity index (χ2v) is 2.76. The summed E-state index contributed by atoms with van der Waals surface area (Å²) in [5, 5.41) is 0. The highest BCUT2D eigenvalue weighted by Crippen LogP contribution is 2.04. The molecular weight excluding hydrogens is 142 g/mol. The highest BCUT2D eigenvalue weighted by Gasteiger charge is 2.17. The molecule has 1 heterocycles. The third kappa shape index (κ3) is 2.27. The molecule has 3 heteroatoms. The summed E-state index contributed by atoms with van der Waals surface area (Å²) in [5.41, 5.74) is 0. The van der Waals surface area contributed by atoms with Gasteiger partial charge in [-0.05, 0) is 6.42 Å². The molecule has 64 valence electrons. The standard InChI is InChI=1S/C8H15NO2/c1-2-8(7-10)9-3-5-11-6-4-9/h7-8H,2-6H2,1H3. The first kappa shape index (κ1) is 8.68. The average Bonchev–Trinajstić information content (AvgIpc) is 2.09. The van der Waals surface area contributed by atoms with Crippen LogP contribution in [-0.2, 0) is 9.53 Å². The molecule has 1 unspecified atom stereocenters. The van der Waals surface area contributed by atoms with Crippen LogP contribution < -0.4 is 0 Å². The Morgan fingerprint density at radius 2 is 2.18 bits per heavy atom. The maximum absolute atomic E-state index is 10.6. The van der Waals surface area contributed by atoms with Gasteiger partial charge in [0.1, 0.15) is 6.29 Å². The molecule has 1 fully saturated rings. The summed E-state index contributed by atoms with van der Waals surface area (Å²) in [5.74, 6) is 0. The Morgan fingerprint density at radius 3 is 2.64 bits per heavy atom. The maximum Gasteiger partial charge on any atom is 0.137 e. The fourth-order valence-corrected chi connectivity index (χ4v) is 1.35. The van der Waals surface area contributed by atoms with E-state index >= 15 is 0 Å². The molecule has 0 N–H and O–H groups in total.